The number of halogens is 1. The number of benzene rings is 2. The van der Waals surface area contributed by atoms with Crippen molar-refractivity contribution in [3.63, 3.8) is 0 Å². The van der Waals surface area contributed by atoms with E-state index in [1.54, 1.807) is 24.1 Å². The molecule has 4 heteroatoms. The maximum Gasteiger partial charge on any atom is 0.148 e. The monoisotopic (exact) mass is 323 g/mol. The molecule has 1 aliphatic rings. The summed E-state index contributed by atoms with van der Waals surface area (Å²) in [5.74, 6) is 0.562. The molecule has 0 amide bonds. The number of furan rings is 1. The Labute approximate surface area is 138 Å². The molecule has 23 heavy (non-hydrogen) atoms. The summed E-state index contributed by atoms with van der Waals surface area (Å²) in [7, 11) is 0. The summed E-state index contributed by atoms with van der Waals surface area (Å²) in [5.41, 5.74) is 2.46. The van der Waals surface area contributed by atoms with Crippen molar-refractivity contribution in [3.05, 3.63) is 84.1 Å². The van der Waals surface area contributed by atoms with E-state index in [0.29, 0.717) is 12.0 Å². The van der Waals surface area contributed by atoms with Crippen molar-refractivity contribution in [2.75, 3.05) is 0 Å². The number of nitrogens with zero attached hydrogens (tertiary/aromatic N) is 1. The summed E-state index contributed by atoms with van der Waals surface area (Å²) in [4.78, 5) is 5.82. The van der Waals surface area contributed by atoms with Gasteiger partial charge >= 0.3 is 0 Å². The maximum absolute atomic E-state index is 14.3. The largest absolute Gasteiger partial charge is 0.463 e. The minimum Gasteiger partial charge on any atom is -0.463 e. The molecule has 1 atom stereocenters. The molecule has 0 saturated heterocycles. The van der Waals surface area contributed by atoms with E-state index in [-0.39, 0.29) is 11.1 Å². The second-order valence-electron chi connectivity index (χ2n) is 5.34. The number of thioether (sulfide) groups is 1. The van der Waals surface area contributed by atoms with Gasteiger partial charge in [-0.3, -0.25) is 0 Å². The predicted molar refractivity (Wildman–Crippen MR) is 91.0 cm³/mol. The summed E-state index contributed by atoms with van der Waals surface area (Å²) < 4.78 is 19.8. The Bertz CT molecular complexity index is 857. The van der Waals surface area contributed by atoms with E-state index >= 15 is 0 Å². The Morgan fingerprint density at radius 1 is 1.00 bits per heavy atom. The number of aliphatic imine (C=N–C) groups is 1. The first-order chi connectivity index (χ1) is 11.3. The molecule has 114 valence electrons. The Hall–Kier alpha value is -2.33. The van der Waals surface area contributed by atoms with Gasteiger partial charge in [-0.15, -0.1) is 11.8 Å². The molecule has 1 aromatic heterocycles. The van der Waals surface area contributed by atoms with Gasteiger partial charge in [0.15, 0.2) is 0 Å². The number of fused-ring (bicyclic) bond motifs is 1. The standard InChI is InChI=1S/C19H14FNOS/c20-14-7-2-1-6-13(14)19-12-16(17-9-5-11-22-17)21-15-8-3-4-10-18(15)23-19/h1-11,19H,12H2/t19-/m0/s1. The number of hydrogen-bond donors (Lipinski definition) is 0. The average molecular weight is 323 g/mol. The minimum atomic E-state index is -0.178. The van der Waals surface area contributed by atoms with Crippen LogP contribution in [0.1, 0.15) is 23.0 Å². The third kappa shape index (κ3) is 2.82. The number of hydrogen-bond acceptors (Lipinski definition) is 3. The number of rotatable bonds is 2. The minimum absolute atomic E-state index is 0.0382. The van der Waals surface area contributed by atoms with Crippen LogP contribution in [0.25, 0.3) is 0 Å². The van der Waals surface area contributed by atoms with E-state index in [1.165, 1.54) is 6.07 Å². The van der Waals surface area contributed by atoms with Gasteiger partial charge in [0, 0.05) is 22.1 Å². The Kier molecular flexibility index (Phi) is 3.75. The molecular weight excluding hydrogens is 309 g/mol. The summed E-state index contributed by atoms with van der Waals surface area (Å²) in [6.07, 6.45) is 2.26. The molecule has 3 aromatic rings. The van der Waals surface area contributed by atoms with Crippen LogP contribution in [0.3, 0.4) is 0 Å². The molecule has 2 aromatic carbocycles. The van der Waals surface area contributed by atoms with Gasteiger partial charge in [-0.05, 0) is 30.3 Å². The first kappa shape index (κ1) is 14.3. The highest BCUT2D eigenvalue weighted by atomic mass is 32.2. The van der Waals surface area contributed by atoms with Crippen LogP contribution >= 0.6 is 11.8 Å². The smallest absolute Gasteiger partial charge is 0.148 e. The third-order valence-corrected chi connectivity index (χ3v) is 5.13. The van der Waals surface area contributed by atoms with Crippen molar-refractivity contribution >= 4 is 23.2 Å². The molecule has 4 rings (SSSR count). The normalized spacial score (nSPS) is 17.3. The van der Waals surface area contributed by atoms with Gasteiger partial charge < -0.3 is 4.42 Å². The molecule has 0 N–H and O–H groups in total. The lowest BCUT2D eigenvalue weighted by Crippen LogP contribution is -2.05. The van der Waals surface area contributed by atoms with Gasteiger partial charge in [0.1, 0.15) is 11.6 Å². The van der Waals surface area contributed by atoms with E-state index in [0.717, 1.165) is 22.1 Å². The summed E-state index contributed by atoms with van der Waals surface area (Å²) in [5, 5.41) is -0.0382. The Morgan fingerprint density at radius 2 is 1.83 bits per heavy atom. The van der Waals surface area contributed by atoms with E-state index in [2.05, 4.69) is 0 Å². The van der Waals surface area contributed by atoms with Crippen LogP contribution in [0.2, 0.25) is 0 Å². The Morgan fingerprint density at radius 3 is 2.65 bits per heavy atom. The van der Waals surface area contributed by atoms with E-state index in [4.69, 9.17) is 9.41 Å². The molecule has 0 unspecified atom stereocenters. The first-order valence-electron chi connectivity index (χ1n) is 7.43. The molecule has 0 spiro atoms. The van der Waals surface area contributed by atoms with Crippen LogP contribution in [0.15, 0.2) is 81.2 Å². The SMILES string of the molecule is Fc1ccccc1[C@@H]1CC(c2ccco2)=Nc2ccccc2S1. The van der Waals surface area contributed by atoms with Crippen molar-refractivity contribution in [1.29, 1.82) is 0 Å². The molecule has 0 aliphatic carbocycles. The lowest BCUT2D eigenvalue weighted by Gasteiger charge is -2.16. The van der Waals surface area contributed by atoms with Crippen LogP contribution < -0.4 is 0 Å². The molecule has 2 nitrogen and oxygen atoms in total. The fraction of sp³-hybridized carbons (Fsp3) is 0.105. The van der Waals surface area contributed by atoms with Crippen molar-refractivity contribution in [1.82, 2.24) is 0 Å². The fourth-order valence-electron chi connectivity index (χ4n) is 2.72. The van der Waals surface area contributed by atoms with Crippen LogP contribution in [-0.4, -0.2) is 5.71 Å². The van der Waals surface area contributed by atoms with Gasteiger partial charge in [-0.2, -0.15) is 0 Å². The predicted octanol–water partition coefficient (Wildman–Crippen LogP) is 5.78. The first-order valence-corrected chi connectivity index (χ1v) is 8.31. The summed E-state index contributed by atoms with van der Waals surface area (Å²) >= 11 is 1.65. The molecular formula is C19H14FNOS. The highest BCUT2D eigenvalue weighted by molar-refractivity contribution is 7.99. The highest BCUT2D eigenvalue weighted by Gasteiger charge is 2.25. The van der Waals surface area contributed by atoms with E-state index < -0.39 is 0 Å². The third-order valence-electron chi connectivity index (χ3n) is 3.83. The van der Waals surface area contributed by atoms with Gasteiger partial charge in [0.05, 0.1) is 17.7 Å². The van der Waals surface area contributed by atoms with Crippen molar-refractivity contribution < 1.29 is 8.81 Å². The molecule has 1 aliphatic heterocycles. The lowest BCUT2D eigenvalue weighted by atomic mass is 10.0. The van der Waals surface area contributed by atoms with E-state index in [9.17, 15) is 4.39 Å². The zero-order valence-electron chi connectivity index (χ0n) is 12.3. The van der Waals surface area contributed by atoms with Crippen molar-refractivity contribution in [2.24, 2.45) is 4.99 Å². The fourth-order valence-corrected chi connectivity index (χ4v) is 3.98. The van der Waals surface area contributed by atoms with E-state index in [1.807, 2.05) is 48.5 Å². The van der Waals surface area contributed by atoms with Gasteiger partial charge in [0.2, 0.25) is 0 Å². The quantitative estimate of drug-likeness (QED) is 0.597. The lowest BCUT2D eigenvalue weighted by molar-refractivity contribution is 0.555. The van der Waals surface area contributed by atoms with Crippen molar-refractivity contribution in [2.45, 2.75) is 16.6 Å². The highest BCUT2D eigenvalue weighted by Crippen LogP contribution is 2.45. The zero-order chi connectivity index (χ0) is 15.6. The topological polar surface area (TPSA) is 25.5 Å². The maximum atomic E-state index is 14.3. The van der Waals surface area contributed by atoms with Crippen LogP contribution in [0.4, 0.5) is 10.1 Å². The summed E-state index contributed by atoms with van der Waals surface area (Å²) in [6, 6.07) is 18.7. The second kappa shape index (κ2) is 6.05. The van der Waals surface area contributed by atoms with Crippen LogP contribution in [-0.2, 0) is 0 Å². The van der Waals surface area contributed by atoms with Gasteiger partial charge in [-0.25, -0.2) is 9.38 Å². The second-order valence-corrected chi connectivity index (χ2v) is 6.58. The number of para-hydroxylation sites is 1. The average Bonchev–Trinajstić information content (AvgIpc) is 3.03. The van der Waals surface area contributed by atoms with Gasteiger partial charge in [-0.1, -0.05) is 30.3 Å². The summed E-state index contributed by atoms with van der Waals surface area (Å²) in [6.45, 7) is 0. The molecule has 0 fully saturated rings. The van der Waals surface area contributed by atoms with Crippen LogP contribution in [0.5, 0.6) is 0 Å². The molecule has 0 radical (unpaired) electrons. The molecule has 0 bridgehead atoms. The molecule has 0 saturated carbocycles. The molecule has 2 heterocycles. The Balaban J connectivity index is 1.82. The van der Waals surface area contributed by atoms with Crippen LogP contribution in [0, 0.1) is 5.82 Å². The van der Waals surface area contributed by atoms with Gasteiger partial charge in [0.25, 0.3) is 0 Å². The zero-order valence-corrected chi connectivity index (χ0v) is 13.1. The van der Waals surface area contributed by atoms with Crippen molar-refractivity contribution in [3.8, 4) is 0 Å².